The quantitative estimate of drug-likeness (QED) is 0.857. The van der Waals surface area contributed by atoms with Gasteiger partial charge in [0.15, 0.2) is 0 Å². The van der Waals surface area contributed by atoms with Crippen LogP contribution < -0.4 is 4.90 Å². The Morgan fingerprint density at radius 1 is 1.28 bits per heavy atom. The van der Waals surface area contributed by atoms with Crippen molar-refractivity contribution in [1.29, 1.82) is 0 Å². The van der Waals surface area contributed by atoms with Gasteiger partial charge in [-0.25, -0.2) is 9.97 Å². The molecule has 2 rings (SSSR count). The Hall–Kier alpha value is -0.680. The van der Waals surface area contributed by atoms with Gasteiger partial charge in [-0.05, 0) is 25.5 Å². The molecule has 1 aromatic heterocycles. The van der Waals surface area contributed by atoms with E-state index in [9.17, 15) is 0 Å². The Bertz CT molecular complexity index is 364. The zero-order chi connectivity index (χ0) is 12.3. The minimum absolute atomic E-state index is 0. The Labute approximate surface area is 120 Å². The summed E-state index contributed by atoms with van der Waals surface area (Å²) in [5, 5.41) is 0. The highest BCUT2D eigenvalue weighted by molar-refractivity contribution is 8.93. The highest BCUT2D eigenvalue weighted by atomic mass is 79.9. The Kier molecular flexibility index (Phi) is 6.02. The molecule has 1 aromatic rings. The lowest BCUT2D eigenvalue weighted by molar-refractivity contribution is 0.311. The number of rotatable bonds is 3. The van der Waals surface area contributed by atoms with E-state index in [4.69, 9.17) is 0 Å². The van der Waals surface area contributed by atoms with E-state index in [2.05, 4.69) is 40.7 Å². The summed E-state index contributed by atoms with van der Waals surface area (Å²) < 4.78 is 0. The van der Waals surface area contributed by atoms with E-state index >= 15 is 0 Å². The molecule has 18 heavy (non-hydrogen) atoms. The van der Waals surface area contributed by atoms with Crippen LogP contribution >= 0.6 is 17.0 Å². The summed E-state index contributed by atoms with van der Waals surface area (Å²) in [7, 11) is 2.16. The van der Waals surface area contributed by atoms with Crippen LogP contribution in [-0.2, 0) is 0 Å². The standard InChI is InChI=1S/C13H22N4.BrH/c1-4-11(2)12-5-6-14-13(15-12)17-9-7-16(3)8-10-17;/h5-6,11H,4,7-10H2,1-3H3;1H. The van der Waals surface area contributed by atoms with Crippen LogP contribution in [0.5, 0.6) is 0 Å². The zero-order valence-corrected chi connectivity index (χ0v) is 13.2. The van der Waals surface area contributed by atoms with Crippen molar-refractivity contribution < 1.29 is 0 Å². The average molecular weight is 315 g/mol. The van der Waals surface area contributed by atoms with Crippen LogP contribution in [0.4, 0.5) is 5.95 Å². The number of nitrogens with zero attached hydrogens (tertiary/aromatic N) is 4. The third-order valence-electron chi connectivity index (χ3n) is 3.57. The number of hydrogen-bond acceptors (Lipinski definition) is 4. The molecule has 1 unspecified atom stereocenters. The summed E-state index contributed by atoms with van der Waals surface area (Å²) in [5.41, 5.74) is 1.16. The molecule has 0 saturated carbocycles. The minimum Gasteiger partial charge on any atom is -0.338 e. The number of likely N-dealkylation sites (N-methyl/N-ethyl adjacent to an activating group) is 1. The second kappa shape index (κ2) is 7.04. The topological polar surface area (TPSA) is 32.3 Å². The highest BCUT2D eigenvalue weighted by Crippen LogP contribution is 2.18. The monoisotopic (exact) mass is 314 g/mol. The molecular weight excluding hydrogens is 292 g/mol. The van der Waals surface area contributed by atoms with Crippen LogP contribution in [0.3, 0.4) is 0 Å². The van der Waals surface area contributed by atoms with Crippen LogP contribution in [-0.4, -0.2) is 48.1 Å². The number of piperazine rings is 1. The van der Waals surface area contributed by atoms with Crippen molar-refractivity contribution in [2.75, 3.05) is 38.1 Å². The molecule has 0 aromatic carbocycles. The molecule has 0 N–H and O–H groups in total. The lowest BCUT2D eigenvalue weighted by Crippen LogP contribution is -2.45. The molecule has 0 spiro atoms. The molecule has 1 fully saturated rings. The molecule has 0 bridgehead atoms. The zero-order valence-electron chi connectivity index (χ0n) is 11.5. The third-order valence-corrected chi connectivity index (χ3v) is 3.57. The van der Waals surface area contributed by atoms with Crippen LogP contribution in [0.25, 0.3) is 0 Å². The van der Waals surface area contributed by atoms with Crippen molar-refractivity contribution in [3.8, 4) is 0 Å². The molecule has 1 aliphatic rings. The molecular formula is C13H23BrN4. The first-order valence-corrected chi connectivity index (χ1v) is 6.47. The molecule has 0 amide bonds. The van der Waals surface area contributed by atoms with Gasteiger partial charge in [-0.2, -0.15) is 0 Å². The summed E-state index contributed by atoms with van der Waals surface area (Å²) >= 11 is 0. The van der Waals surface area contributed by atoms with Gasteiger partial charge in [0, 0.05) is 38.1 Å². The molecule has 4 nitrogen and oxygen atoms in total. The van der Waals surface area contributed by atoms with Crippen LogP contribution in [0, 0.1) is 0 Å². The molecule has 102 valence electrons. The fourth-order valence-electron chi connectivity index (χ4n) is 2.00. The highest BCUT2D eigenvalue weighted by Gasteiger charge is 2.17. The lowest BCUT2D eigenvalue weighted by atomic mass is 10.1. The SMILES string of the molecule is Br.CCC(C)c1ccnc(N2CCN(C)CC2)n1. The second-order valence-corrected chi connectivity index (χ2v) is 4.88. The lowest BCUT2D eigenvalue weighted by Gasteiger charge is -2.32. The van der Waals surface area contributed by atoms with Crippen molar-refractivity contribution in [3.63, 3.8) is 0 Å². The van der Waals surface area contributed by atoms with Crippen molar-refractivity contribution in [1.82, 2.24) is 14.9 Å². The predicted molar refractivity (Wildman–Crippen MR) is 80.8 cm³/mol. The normalized spacial score (nSPS) is 18.3. The smallest absolute Gasteiger partial charge is 0.225 e. The molecule has 1 aliphatic heterocycles. The number of aromatic nitrogens is 2. The van der Waals surface area contributed by atoms with Crippen molar-refractivity contribution in [2.24, 2.45) is 0 Å². The minimum atomic E-state index is 0. The largest absolute Gasteiger partial charge is 0.338 e. The average Bonchev–Trinajstić information content (AvgIpc) is 2.39. The van der Waals surface area contributed by atoms with Crippen molar-refractivity contribution in [3.05, 3.63) is 18.0 Å². The van der Waals surface area contributed by atoms with Crippen LogP contribution in [0.15, 0.2) is 12.3 Å². The van der Waals surface area contributed by atoms with Gasteiger partial charge in [-0.15, -0.1) is 17.0 Å². The maximum Gasteiger partial charge on any atom is 0.225 e. The molecule has 0 radical (unpaired) electrons. The van der Waals surface area contributed by atoms with Crippen LogP contribution in [0.2, 0.25) is 0 Å². The number of anilines is 1. The van der Waals surface area contributed by atoms with Gasteiger partial charge in [0.2, 0.25) is 5.95 Å². The van der Waals surface area contributed by atoms with Crippen LogP contribution in [0.1, 0.15) is 31.9 Å². The van der Waals surface area contributed by atoms with Gasteiger partial charge in [0.05, 0.1) is 0 Å². The van der Waals surface area contributed by atoms with E-state index in [1.807, 2.05) is 12.3 Å². The van der Waals surface area contributed by atoms with E-state index in [0.29, 0.717) is 5.92 Å². The van der Waals surface area contributed by atoms with E-state index in [1.54, 1.807) is 0 Å². The summed E-state index contributed by atoms with van der Waals surface area (Å²) in [5.74, 6) is 1.42. The maximum absolute atomic E-state index is 4.69. The van der Waals surface area contributed by atoms with Gasteiger partial charge in [-0.1, -0.05) is 13.8 Å². The first kappa shape index (κ1) is 15.4. The van der Waals surface area contributed by atoms with E-state index < -0.39 is 0 Å². The molecule has 2 heterocycles. The Morgan fingerprint density at radius 2 is 1.94 bits per heavy atom. The van der Waals surface area contributed by atoms with Gasteiger partial charge in [0.1, 0.15) is 0 Å². The summed E-state index contributed by atoms with van der Waals surface area (Å²) in [6.07, 6.45) is 3.02. The van der Waals surface area contributed by atoms with E-state index in [-0.39, 0.29) is 17.0 Å². The fraction of sp³-hybridized carbons (Fsp3) is 0.692. The Balaban J connectivity index is 0.00000162. The third kappa shape index (κ3) is 3.65. The van der Waals surface area contributed by atoms with Gasteiger partial charge < -0.3 is 9.80 Å². The predicted octanol–water partition coefficient (Wildman–Crippen LogP) is 2.32. The first-order valence-electron chi connectivity index (χ1n) is 6.47. The van der Waals surface area contributed by atoms with E-state index in [0.717, 1.165) is 44.2 Å². The fourth-order valence-corrected chi connectivity index (χ4v) is 2.00. The van der Waals surface area contributed by atoms with Gasteiger partial charge in [-0.3, -0.25) is 0 Å². The number of hydrogen-bond donors (Lipinski definition) is 0. The molecule has 0 aliphatic carbocycles. The van der Waals surface area contributed by atoms with Crippen molar-refractivity contribution in [2.45, 2.75) is 26.2 Å². The second-order valence-electron chi connectivity index (χ2n) is 4.88. The van der Waals surface area contributed by atoms with Gasteiger partial charge >= 0.3 is 0 Å². The molecule has 5 heteroatoms. The van der Waals surface area contributed by atoms with Crippen molar-refractivity contribution >= 4 is 22.9 Å². The van der Waals surface area contributed by atoms with E-state index in [1.165, 1.54) is 0 Å². The maximum atomic E-state index is 4.69. The summed E-state index contributed by atoms with van der Waals surface area (Å²) in [6.45, 7) is 8.66. The summed E-state index contributed by atoms with van der Waals surface area (Å²) in [6, 6.07) is 2.04. The Morgan fingerprint density at radius 3 is 2.56 bits per heavy atom. The molecule has 1 atom stereocenters. The first-order chi connectivity index (χ1) is 8.20. The number of halogens is 1. The summed E-state index contributed by atoms with van der Waals surface area (Å²) in [4.78, 5) is 13.7. The van der Waals surface area contributed by atoms with Gasteiger partial charge in [0.25, 0.3) is 0 Å². The molecule has 1 saturated heterocycles.